The zero-order valence-corrected chi connectivity index (χ0v) is 16.6. The van der Waals surface area contributed by atoms with Gasteiger partial charge in [0.2, 0.25) is 0 Å². The smallest absolute Gasteiger partial charge is 0.333 e. The maximum Gasteiger partial charge on any atom is 0.333 e. The minimum absolute atomic E-state index is 0.0972. The summed E-state index contributed by atoms with van der Waals surface area (Å²) in [5.74, 6) is 0.0376. The van der Waals surface area contributed by atoms with Gasteiger partial charge in [0.05, 0.1) is 25.4 Å². The lowest BCUT2D eigenvalue weighted by Crippen LogP contribution is -2.27. The van der Waals surface area contributed by atoms with Crippen molar-refractivity contribution in [2.24, 2.45) is 5.92 Å². The van der Waals surface area contributed by atoms with Crippen molar-refractivity contribution in [3.8, 4) is 0 Å². The van der Waals surface area contributed by atoms with E-state index in [9.17, 15) is 4.79 Å². The summed E-state index contributed by atoms with van der Waals surface area (Å²) < 4.78 is 17.0. The molecular weight excluding hydrogens is 340 g/mol. The lowest BCUT2D eigenvalue weighted by molar-refractivity contribution is -0.138. The van der Waals surface area contributed by atoms with E-state index in [1.54, 1.807) is 6.92 Å². The Morgan fingerprint density at radius 3 is 2.85 bits per heavy atom. The average Bonchev–Trinajstić information content (AvgIpc) is 2.66. The van der Waals surface area contributed by atoms with Crippen molar-refractivity contribution in [3.63, 3.8) is 0 Å². The first-order chi connectivity index (χ1) is 13.1. The molecule has 0 radical (unpaired) electrons. The monoisotopic (exact) mass is 372 g/mol. The van der Waals surface area contributed by atoms with E-state index < -0.39 is 0 Å². The SMILES string of the molecule is C=C(C[C@H](C)C[C@@H]1CC=C[C@@H](CCOCc2ccccc2)O1)C(=O)OCC. The van der Waals surface area contributed by atoms with Crippen molar-refractivity contribution in [2.45, 2.75) is 58.3 Å². The lowest BCUT2D eigenvalue weighted by Gasteiger charge is -2.28. The van der Waals surface area contributed by atoms with Crippen LogP contribution in [0.3, 0.4) is 0 Å². The lowest BCUT2D eigenvalue weighted by atomic mass is 9.93. The van der Waals surface area contributed by atoms with Crippen molar-refractivity contribution in [3.05, 3.63) is 60.2 Å². The van der Waals surface area contributed by atoms with Crippen molar-refractivity contribution >= 4 is 5.97 Å². The molecule has 148 valence electrons. The number of benzene rings is 1. The van der Waals surface area contributed by atoms with Crippen LogP contribution in [0.25, 0.3) is 0 Å². The summed E-state index contributed by atoms with van der Waals surface area (Å²) in [6.45, 7) is 9.48. The van der Waals surface area contributed by atoms with Crippen LogP contribution >= 0.6 is 0 Å². The number of esters is 1. The van der Waals surface area contributed by atoms with Gasteiger partial charge in [-0.25, -0.2) is 4.79 Å². The molecule has 1 aliphatic rings. The van der Waals surface area contributed by atoms with Gasteiger partial charge in [-0.05, 0) is 37.7 Å². The normalized spacial score (nSPS) is 20.2. The van der Waals surface area contributed by atoms with Gasteiger partial charge in [-0.1, -0.05) is 56.0 Å². The highest BCUT2D eigenvalue weighted by atomic mass is 16.5. The molecule has 1 aliphatic heterocycles. The van der Waals surface area contributed by atoms with Crippen LogP contribution in [0.2, 0.25) is 0 Å². The molecule has 0 saturated heterocycles. The number of carbonyl (C=O) groups is 1. The molecule has 0 N–H and O–H groups in total. The van der Waals surface area contributed by atoms with E-state index in [4.69, 9.17) is 14.2 Å². The maximum absolute atomic E-state index is 11.7. The third-order valence-corrected chi connectivity index (χ3v) is 4.60. The maximum atomic E-state index is 11.7. The Morgan fingerprint density at radius 2 is 2.11 bits per heavy atom. The van der Waals surface area contributed by atoms with Crippen LogP contribution in [0.5, 0.6) is 0 Å². The van der Waals surface area contributed by atoms with E-state index in [0.717, 1.165) is 19.3 Å². The highest BCUT2D eigenvalue weighted by Crippen LogP contribution is 2.24. The number of hydrogen-bond donors (Lipinski definition) is 0. The summed E-state index contributed by atoms with van der Waals surface area (Å²) in [6.07, 6.45) is 7.92. The van der Waals surface area contributed by atoms with Crippen LogP contribution in [-0.4, -0.2) is 31.4 Å². The van der Waals surface area contributed by atoms with Crippen molar-refractivity contribution in [1.82, 2.24) is 0 Å². The first kappa shape index (κ1) is 21.4. The summed E-state index contributed by atoms with van der Waals surface area (Å²) in [6, 6.07) is 10.2. The van der Waals surface area contributed by atoms with Crippen molar-refractivity contribution < 1.29 is 19.0 Å². The fraction of sp³-hybridized carbons (Fsp3) is 0.522. The third kappa shape index (κ3) is 8.10. The van der Waals surface area contributed by atoms with Gasteiger partial charge in [-0.15, -0.1) is 0 Å². The Morgan fingerprint density at radius 1 is 1.33 bits per heavy atom. The van der Waals surface area contributed by atoms with Crippen molar-refractivity contribution in [2.75, 3.05) is 13.2 Å². The van der Waals surface area contributed by atoms with Crippen LogP contribution in [0, 0.1) is 5.92 Å². The molecule has 4 nitrogen and oxygen atoms in total. The Bertz CT molecular complexity index is 608. The van der Waals surface area contributed by atoms with Gasteiger partial charge < -0.3 is 14.2 Å². The molecule has 0 aliphatic carbocycles. The molecule has 0 saturated carbocycles. The van der Waals surface area contributed by atoms with Crippen LogP contribution in [0.4, 0.5) is 0 Å². The Kier molecular flexibility index (Phi) is 9.29. The summed E-state index contributed by atoms with van der Waals surface area (Å²) in [5, 5.41) is 0. The fourth-order valence-corrected chi connectivity index (χ4v) is 3.28. The van der Waals surface area contributed by atoms with Gasteiger partial charge in [0.15, 0.2) is 0 Å². The van der Waals surface area contributed by atoms with Gasteiger partial charge in [0.25, 0.3) is 0 Å². The molecule has 0 amide bonds. The Hall–Kier alpha value is -1.91. The molecule has 27 heavy (non-hydrogen) atoms. The Labute approximate surface area is 163 Å². The standard InChI is InChI=1S/C23H32O4/c1-4-26-23(24)19(3)15-18(2)16-22-12-8-11-21(27-22)13-14-25-17-20-9-6-5-7-10-20/h5-11,18,21-22H,3-4,12-17H2,1-2H3/t18-,21-,22-/m0/s1. The predicted molar refractivity (Wildman–Crippen MR) is 107 cm³/mol. The summed E-state index contributed by atoms with van der Waals surface area (Å²) in [4.78, 5) is 11.7. The number of hydrogen-bond acceptors (Lipinski definition) is 4. The molecule has 3 atom stereocenters. The molecule has 4 heteroatoms. The van der Waals surface area contributed by atoms with E-state index >= 15 is 0 Å². The Balaban J connectivity index is 1.66. The van der Waals surface area contributed by atoms with Gasteiger partial charge in [0, 0.05) is 18.6 Å². The predicted octanol–water partition coefficient (Wildman–Crippen LogP) is 4.84. The van der Waals surface area contributed by atoms with Gasteiger partial charge >= 0.3 is 5.97 Å². The molecule has 0 bridgehead atoms. The summed E-state index contributed by atoms with van der Waals surface area (Å²) in [7, 11) is 0. The molecule has 0 fully saturated rings. The first-order valence-electron chi connectivity index (χ1n) is 9.87. The largest absolute Gasteiger partial charge is 0.463 e. The molecule has 0 spiro atoms. The molecular formula is C23H32O4. The van der Waals surface area contributed by atoms with Crippen LogP contribution < -0.4 is 0 Å². The summed E-state index contributed by atoms with van der Waals surface area (Å²) >= 11 is 0. The van der Waals surface area contributed by atoms with E-state index in [1.807, 2.05) is 18.2 Å². The van der Waals surface area contributed by atoms with E-state index in [0.29, 0.717) is 37.7 Å². The van der Waals surface area contributed by atoms with Gasteiger partial charge in [-0.2, -0.15) is 0 Å². The zero-order valence-electron chi connectivity index (χ0n) is 16.6. The van der Waals surface area contributed by atoms with E-state index in [1.165, 1.54) is 5.56 Å². The van der Waals surface area contributed by atoms with E-state index in [-0.39, 0.29) is 18.2 Å². The summed E-state index contributed by atoms with van der Waals surface area (Å²) in [5.41, 5.74) is 1.73. The average molecular weight is 373 g/mol. The minimum Gasteiger partial charge on any atom is -0.463 e. The number of carbonyl (C=O) groups excluding carboxylic acids is 1. The highest BCUT2D eigenvalue weighted by molar-refractivity contribution is 5.87. The second-order valence-corrected chi connectivity index (χ2v) is 7.16. The quantitative estimate of drug-likeness (QED) is 0.241. The molecule has 0 unspecified atom stereocenters. The van der Waals surface area contributed by atoms with Gasteiger partial charge in [-0.3, -0.25) is 0 Å². The third-order valence-electron chi connectivity index (χ3n) is 4.60. The number of rotatable bonds is 11. The zero-order chi connectivity index (χ0) is 19.5. The fourth-order valence-electron chi connectivity index (χ4n) is 3.28. The molecule has 2 rings (SSSR count). The van der Waals surface area contributed by atoms with Crippen molar-refractivity contribution in [1.29, 1.82) is 0 Å². The molecule has 1 aromatic rings. The van der Waals surface area contributed by atoms with Crippen LogP contribution in [0.15, 0.2) is 54.6 Å². The molecule has 1 heterocycles. The highest BCUT2D eigenvalue weighted by Gasteiger charge is 2.21. The van der Waals surface area contributed by atoms with Gasteiger partial charge in [0.1, 0.15) is 0 Å². The second-order valence-electron chi connectivity index (χ2n) is 7.16. The van der Waals surface area contributed by atoms with Crippen LogP contribution in [-0.2, 0) is 25.6 Å². The molecule has 0 aromatic heterocycles. The molecule has 1 aromatic carbocycles. The van der Waals surface area contributed by atoms with E-state index in [2.05, 4.69) is 37.8 Å². The number of ether oxygens (including phenoxy) is 3. The topological polar surface area (TPSA) is 44.8 Å². The first-order valence-corrected chi connectivity index (χ1v) is 9.87. The minimum atomic E-state index is -0.290. The second kappa shape index (κ2) is 11.7. The van der Waals surface area contributed by atoms with Crippen LogP contribution in [0.1, 0.15) is 45.1 Å².